The highest BCUT2D eigenvalue weighted by molar-refractivity contribution is 8.00. The molecule has 2 heteroatoms. The first-order chi connectivity index (χ1) is 8.16. The Labute approximate surface area is 109 Å². The molecule has 1 aromatic rings. The normalized spacial score (nSPS) is 24.9. The van der Waals surface area contributed by atoms with Crippen LogP contribution in [0.15, 0.2) is 24.3 Å². The van der Waals surface area contributed by atoms with Crippen LogP contribution in [0.1, 0.15) is 45.1 Å². The summed E-state index contributed by atoms with van der Waals surface area (Å²) >= 11 is 2.09. The van der Waals surface area contributed by atoms with Crippen LogP contribution in [0.4, 0.5) is 5.69 Å². The molecule has 1 fully saturated rings. The van der Waals surface area contributed by atoms with E-state index < -0.39 is 0 Å². The SMILES string of the molecule is CC(C)c1cccc(NC2CCCSC2C)c1. The van der Waals surface area contributed by atoms with Gasteiger partial charge in [0.25, 0.3) is 0 Å². The molecule has 2 atom stereocenters. The maximum Gasteiger partial charge on any atom is 0.0377 e. The standard InChI is InChI=1S/C15H23NS/c1-11(2)13-6-4-7-14(10-13)16-15-8-5-9-17-12(15)3/h4,6-7,10-12,15-16H,5,8-9H2,1-3H3. The molecule has 1 aromatic carbocycles. The molecule has 0 spiro atoms. The summed E-state index contributed by atoms with van der Waals surface area (Å²) in [6.45, 7) is 6.84. The van der Waals surface area contributed by atoms with Gasteiger partial charge in [0.05, 0.1) is 0 Å². The summed E-state index contributed by atoms with van der Waals surface area (Å²) in [7, 11) is 0. The number of hydrogen-bond acceptors (Lipinski definition) is 2. The van der Waals surface area contributed by atoms with E-state index >= 15 is 0 Å². The van der Waals surface area contributed by atoms with E-state index in [1.807, 2.05) is 0 Å². The summed E-state index contributed by atoms with van der Waals surface area (Å²) in [5, 5.41) is 4.43. The fraction of sp³-hybridized carbons (Fsp3) is 0.600. The van der Waals surface area contributed by atoms with Crippen molar-refractivity contribution in [3.8, 4) is 0 Å². The van der Waals surface area contributed by atoms with E-state index in [1.165, 1.54) is 29.8 Å². The summed E-state index contributed by atoms with van der Waals surface area (Å²) < 4.78 is 0. The van der Waals surface area contributed by atoms with E-state index in [1.54, 1.807) is 0 Å². The first-order valence-corrected chi connectivity index (χ1v) is 7.70. The molecule has 2 unspecified atom stereocenters. The summed E-state index contributed by atoms with van der Waals surface area (Å²) in [6.07, 6.45) is 2.65. The summed E-state index contributed by atoms with van der Waals surface area (Å²) in [5.41, 5.74) is 2.71. The highest BCUT2D eigenvalue weighted by Crippen LogP contribution is 2.28. The van der Waals surface area contributed by atoms with E-state index in [0.717, 1.165) is 5.25 Å². The smallest absolute Gasteiger partial charge is 0.0377 e. The molecule has 1 N–H and O–H groups in total. The summed E-state index contributed by atoms with van der Waals surface area (Å²) in [6, 6.07) is 9.51. The van der Waals surface area contributed by atoms with Crippen molar-refractivity contribution in [2.24, 2.45) is 0 Å². The van der Waals surface area contributed by atoms with E-state index in [-0.39, 0.29) is 0 Å². The van der Waals surface area contributed by atoms with Gasteiger partial charge < -0.3 is 5.32 Å². The average Bonchev–Trinajstić information content (AvgIpc) is 2.32. The third-order valence-electron chi connectivity index (χ3n) is 3.51. The molecule has 1 nitrogen and oxygen atoms in total. The molecule has 1 saturated heterocycles. The maximum atomic E-state index is 3.71. The first kappa shape index (κ1) is 12.8. The zero-order valence-corrected chi connectivity index (χ0v) is 11.9. The molecule has 0 radical (unpaired) electrons. The number of anilines is 1. The third-order valence-corrected chi connectivity index (χ3v) is 4.89. The fourth-order valence-corrected chi connectivity index (χ4v) is 3.46. The Kier molecular flexibility index (Phi) is 4.38. The molecule has 0 saturated carbocycles. The molecule has 1 aliphatic heterocycles. The lowest BCUT2D eigenvalue weighted by Crippen LogP contribution is -2.32. The average molecular weight is 249 g/mol. The van der Waals surface area contributed by atoms with E-state index in [2.05, 4.69) is 62.1 Å². The van der Waals surface area contributed by atoms with Gasteiger partial charge in [0, 0.05) is 17.0 Å². The molecule has 2 rings (SSSR count). The molecular formula is C15H23NS. The molecule has 17 heavy (non-hydrogen) atoms. The highest BCUT2D eigenvalue weighted by atomic mass is 32.2. The van der Waals surface area contributed by atoms with Crippen LogP contribution < -0.4 is 5.32 Å². The lowest BCUT2D eigenvalue weighted by atomic mass is 10.0. The summed E-state index contributed by atoms with van der Waals surface area (Å²) in [5.74, 6) is 1.93. The van der Waals surface area contributed by atoms with Crippen LogP contribution in [0.2, 0.25) is 0 Å². The molecule has 0 aliphatic carbocycles. The highest BCUT2D eigenvalue weighted by Gasteiger charge is 2.21. The quantitative estimate of drug-likeness (QED) is 0.846. The minimum atomic E-state index is 0.606. The molecular weight excluding hydrogens is 226 g/mol. The van der Waals surface area contributed by atoms with Crippen LogP contribution in [-0.2, 0) is 0 Å². The number of rotatable bonds is 3. The zero-order valence-electron chi connectivity index (χ0n) is 11.1. The minimum absolute atomic E-state index is 0.606. The Hall–Kier alpha value is -0.630. The molecule has 94 valence electrons. The molecule has 1 heterocycles. The second-order valence-corrected chi connectivity index (χ2v) is 6.73. The number of nitrogens with one attached hydrogen (secondary N) is 1. The lowest BCUT2D eigenvalue weighted by Gasteiger charge is -2.30. The predicted molar refractivity (Wildman–Crippen MR) is 79.1 cm³/mol. The van der Waals surface area contributed by atoms with Crippen molar-refractivity contribution in [2.75, 3.05) is 11.1 Å². The largest absolute Gasteiger partial charge is 0.381 e. The Morgan fingerprint density at radius 3 is 2.88 bits per heavy atom. The molecule has 1 aliphatic rings. The Morgan fingerprint density at radius 2 is 2.18 bits per heavy atom. The van der Waals surface area contributed by atoms with E-state index in [9.17, 15) is 0 Å². The van der Waals surface area contributed by atoms with Gasteiger partial charge in [-0.1, -0.05) is 32.9 Å². The second kappa shape index (κ2) is 5.81. The number of hydrogen-bond donors (Lipinski definition) is 1. The van der Waals surface area contributed by atoms with Crippen LogP contribution in [-0.4, -0.2) is 17.0 Å². The van der Waals surface area contributed by atoms with Crippen LogP contribution in [0.3, 0.4) is 0 Å². The monoisotopic (exact) mass is 249 g/mol. The van der Waals surface area contributed by atoms with Crippen molar-refractivity contribution in [1.82, 2.24) is 0 Å². The van der Waals surface area contributed by atoms with Crippen LogP contribution in [0, 0.1) is 0 Å². The van der Waals surface area contributed by atoms with Crippen molar-refractivity contribution in [2.45, 2.75) is 50.8 Å². The van der Waals surface area contributed by atoms with Crippen LogP contribution in [0.5, 0.6) is 0 Å². The van der Waals surface area contributed by atoms with Gasteiger partial charge in [-0.2, -0.15) is 11.8 Å². The maximum absolute atomic E-state index is 3.71. The van der Waals surface area contributed by atoms with Crippen molar-refractivity contribution in [3.05, 3.63) is 29.8 Å². The van der Waals surface area contributed by atoms with Gasteiger partial charge in [0.2, 0.25) is 0 Å². The summed E-state index contributed by atoms with van der Waals surface area (Å²) in [4.78, 5) is 0. The molecule has 0 aromatic heterocycles. The van der Waals surface area contributed by atoms with E-state index in [0.29, 0.717) is 12.0 Å². The number of thioether (sulfide) groups is 1. The van der Waals surface area contributed by atoms with Gasteiger partial charge in [-0.3, -0.25) is 0 Å². The van der Waals surface area contributed by atoms with Gasteiger partial charge in [-0.05, 0) is 42.2 Å². The minimum Gasteiger partial charge on any atom is -0.381 e. The van der Waals surface area contributed by atoms with Crippen molar-refractivity contribution in [1.29, 1.82) is 0 Å². The van der Waals surface area contributed by atoms with Crippen LogP contribution >= 0.6 is 11.8 Å². The zero-order chi connectivity index (χ0) is 12.3. The molecule has 0 bridgehead atoms. The number of benzene rings is 1. The molecule has 0 amide bonds. The third kappa shape index (κ3) is 3.41. The van der Waals surface area contributed by atoms with Crippen LogP contribution in [0.25, 0.3) is 0 Å². The lowest BCUT2D eigenvalue weighted by molar-refractivity contribution is 0.617. The van der Waals surface area contributed by atoms with Gasteiger partial charge in [-0.25, -0.2) is 0 Å². The predicted octanol–water partition coefficient (Wildman–Crippen LogP) is 4.51. The Balaban J connectivity index is 2.04. The van der Waals surface area contributed by atoms with Crippen molar-refractivity contribution < 1.29 is 0 Å². The van der Waals surface area contributed by atoms with Gasteiger partial charge >= 0.3 is 0 Å². The van der Waals surface area contributed by atoms with Gasteiger partial charge in [0.1, 0.15) is 0 Å². The van der Waals surface area contributed by atoms with Gasteiger partial charge in [0.15, 0.2) is 0 Å². The fourth-order valence-electron chi connectivity index (χ4n) is 2.31. The second-order valence-electron chi connectivity index (χ2n) is 5.25. The first-order valence-electron chi connectivity index (χ1n) is 6.65. The van der Waals surface area contributed by atoms with Crippen molar-refractivity contribution >= 4 is 17.4 Å². The Bertz CT molecular complexity index is 362. The van der Waals surface area contributed by atoms with Crippen molar-refractivity contribution in [3.63, 3.8) is 0 Å². The Morgan fingerprint density at radius 1 is 1.35 bits per heavy atom. The van der Waals surface area contributed by atoms with E-state index in [4.69, 9.17) is 0 Å². The topological polar surface area (TPSA) is 12.0 Å². The van der Waals surface area contributed by atoms with Gasteiger partial charge in [-0.15, -0.1) is 0 Å².